The minimum absolute atomic E-state index is 0.106. The summed E-state index contributed by atoms with van der Waals surface area (Å²) in [5.41, 5.74) is -0.522. The highest BCUT2D eigenvalue weighted by Gasteiger charge is 2.15. The Labute approximate surface area is 84.4 Å². The Morgan fingerprint density at radius 2 is 1.80 bits per heavy atom. The summed E-state index contributed by atoms with van der Waals surface area (Å²) in [4.78, 5) is 10.7. The first-order valence-corrected chi connectivity index (χ1v) is 4.25. The van der Waals surface area contributed by atoms with E-state index in [9.17, 15) is 14.3 Å². The number of carboxylic acid groups (broad SMARTS) is 1. The molecule has 2 rings (SSSR count). The van der Waals surface area contributed by atoms with E-state index in [0.29, 0.717) is 5.39 Å². The number of hydrogen-bond acceptors (Lipinski definition) is 2. The summed E-state index contributed by atoms with van der Waals surface area (Å²) < 4.78 is 13.6. The van der Waals surface area contributed by atoms with E-state index in [2.05, 4.69) is 0 Å². The fourth-order valence-corrected chi connectivity index (χ4v) is 1.48. The van der Waals surface area contributed by atoms with Gasteiger partial charge in [0.15, 0.2) is 0 Å². The number of halogens is 1. The zero-order valence-electron chi connectivity index (χ0n) is 7.57. The van der Waals surface area contributed by atoms with Crippen LogP contribution < -0.4 is 0 Å². The molecule has 0 saturated carbocycles. The molecule has 0 saturated heterocycles. The van der Waals surface area contributed by atoms with Crippen molar-refractivity contribution in [2.45, 2.75) is 0 Å². The molecule has 0 fully saturated rings. The number of benzene rings is 2. The molecule has 0 unspecified atom stereocenters. The molecule has 0 aliphatic heterocycles. The van der Waals surface area contributed by atoms with Crippen LogP contribution in [0.4, 0.5) is 4.39 Å². The van der Waals surface area contributed by atoms with Gasteiger partial charge in [0.05, 0.1) is 5.56 Å². The Morgan fingerprint density at radius 3 is 2.40 bits per heavy atom. The average Bonchev–Trinajstić information content (AvgIpc) is 2.23. The SMILES string of the molecule is O=C(O)c1cc(O)c2ccccc2c1F. The molecule has 0 radical (unpaired) electrons. The number of phenolic OH excluding ortho intramolecular Hbond substituents is 1. The molecule has 2 aromatic carbocycles. The molecule has 76 valence electrons. The molecule has 0 bridgehead atoms. The van der Waals surface area contributed by atoms with E-state index in [1.807, 2.05) is 0 Å². The van der Waals surface area contributed by atoms with E-state index in [0.717, 1.165) is 6.07 Å². The van der Waals surface area contributed by atoms with Crippen molar-refractivity contribution in [3.63, 3.8) is 0 Å². The molecule has 0 amide bonds. The maximum absolute atomic E-state index is 13.6. The first kappa shape index (κ1) is 9.45. The van der Waals surface area contributed by atoms with Crippen molar-refractivity contribution in [1.82, 2.24) is 0 Å². The first-order chi connectivity index (χ1) is 7.11. The van der Waals surface area contributed by atoms with Crippen LogP contribution in [0.25, 0.3) is 10.8 Å². The second-order valence-corrected chi connectivity index (χ2v) is 3.11. The van der Waals surface area contributed by atoms with E-state index in [4.69, 9.17) is 5.11 Å². The summed E-state index contributed by atoms with van der Waals surface area (Å²) in [5.74, 6) is -2.45. The van der Waals surface area contributed by atoms with E-state index in [-0.39, 0.29) is 11.1 Å². The van der Waals surface area contributed by atoms with Gasteiger partial charge in [-0.1, -0.05) is 24.3 Å². The van der Waals surface area contributed by atoms with Gasteiger partial charge in [0, 0.05) is 10.8 Å². The lowest BCUT2D eigenvalue weighted by Crippen LogP contribution is -2.00. The largest absolute Gasteiger partial charge is 0.507 e. The topological polar surface area (TPSA) is 57.5 Å². The maximum atomic E-state index is 13.6. The van der Waals surface area contributed by atoms with Gasteiger partial charge in [-0.05, 0) is 6.07 Å². The van der Waals surface area contributed by atoms with Gasteiger partial charge >= 0.3 is 5.97 Å². The summed E-state index contributed by atoms with van der Waals surface area (Å²) in [6.45, 7) is 0. The summed E-state index contributed by atoms with van der Waals surface area (Å²) in [6, 6.07) is 7.09. The Bertz CT molecular complexity index is 549. The van der Waals surface area contributed by atoms with Crippen LogP contribution in [0.3, 0.4) is 0 Å². The molecule has 3 nitrogen and oxygen atoms in total. The molecular formula is C11H7FO3. The quantitative estimate of drug-likeness (QED) is 0.753. The number of rotatable bonds is 1. The van der Waals surface area contributed by atoms with Gasteiger partial charge in [-0.25, -0.2) is 9.18 Å². The summed E-state index contributed by atoms with van der Waals surface area (Å²) in [7, 11) is 0. The van der Waals surface area contributed by atoms with Gasteiger partial charge in [-0.15, -0.1) is 0 Å². The van der Waals surface area contributed by atoms with Gasteiger partial charge in [-0.2, -0.15) is 0 Å². The lowest BCUT2D eigenvalue weighted by molar-refractivity contribution is 0.0692. The van der Waals surface area contributed by atoms with Crippen molar-refractivity contribution in [1.29, 1.82) is 0 Å². The third-order valence-electron chi connectivity index (χ3n) is 2.19. The molecule has 0 aliphatic rings. The van der Waals surface area contributed by atoms with Crippen LogP contribution in [0.2, 0.25) is 0 Å². The van der Waals surface area contributed by atoms with Crippen LogP contribution in [0, 0.1) is 5.82 Å². The fourth-order valence-electron chi connectivity index (χ4n) is 1.48. The Morgan fingerprint density at radius 1 is 1.20 bits per heavy atom. The van der Waals surface area contributed by atoms with E-state index < -0.39 is 17.3 Å². The average molecular weight is 206 g/mol. The normalized spacial score (nSPS) is 10.5. The third kappa shape index (κ3) is 1.40. The monoisotopic (exact) mass is 206 g/mol. The van der Waals surface area contributed by atoms with E-state index in [1.54, 1.807) is 12.1 Å². The Hall–Kier alpha value is -2.10. The maximum Gasteiger partial charge on any atom is 0.338 e. The van der Waals surface area contributed by atoms with Gasteiger partial charge < -0.3 is 10.2 Å². The van der Waals surface area contributed by atoms with Crippen molar-refractivity contribution in [2.75, 3.05) is 0 Å². The standard InChI is InChI=1S/C11H7FO3/c12-10-7-4-2-1-3-6(7)9(13)5-8(10)11(14)15/h1-5,13H,(H,14,15). The van der Waals surface area contributed by atoms with Crippen molar-refractivity contribution >= 4 is 16.7 Å². The summed E-state index contributed by atoms with van der Waals surface area (Å²) in [5, 5.41) is 18.6. The minimum Gasteiger partial charge on any atom is -0.507 e. The second-order valence-electron chi connectivity index (χ2n) is 3.11. The molecule has 0 aliphatic carbocycles. The lowest BCUT2D eigenvalue weighted by Gasteiger charge is -2.04. The van der Waals surface area contributed by atoms with Crippen molar-refractivity contribution in [3.05, 3.63) is 41.7 Å². The second kappa shape index (κ2) is 3.24. The summed E-state index contributed by atoms with van der Waals surface area (Å²) in [6.07, 6.45) is 0. The Kier molecular flexibility index (Phi) is 2.04. The molecular weight excluding hydrogens is 199 g/mol. The fraction of sp³-hybridized carbons (Fsp3) is 0. The number of hydrogen-bond donors (Lipinski definition) is 2. The van der Waals surface area contributed by atoms with Crippen LogP contribution in [-0.2, 0) is 0 Å². The zero-order valence-corrected chi connectivity index (χ0v) is 7.57. The molecule has 0 aromatic heterocycles. The van der Waals surface area contributed by atoms with E-state index >= 15 is 0 Å². The predicted octanol–water partition coefficient (Wildman–Crippen LogP) is 2.38. The molecule has 15 heavy (non-hydrogen) atoms. The van der Waals surface area contributed by atoms with Crippen LogP contribution in [0.15, 0.2) is 30.3 Å². The highest BCUT2D eigenvalue weighted by Crippen LogP contribution is 2.29. The lowest BCUT2D eigenvalue weighted by atomic mass is 10.0. The summed E-state index contributed by atoms with van der Waals surface area (Å²) >= 11 is 0. The van der Waals surface area contributed by atoms with Gasteiger partial charge in [-0.3, -0.25) is 0 Å². The van der Waals surface area contributed by atoms with Crippen molar-refractivity contribution in [3.8, 4) is 5.75 Å². The van der Waals surface area contributed by atoms with E-state index in [1.165, 1.54) is 12.1 Å². The highest BCUT2D eigenvalue weighted by molar-refractivity contribution is 5.98. The Balaban J connectivity index is 2.90. The predicted molar refractivity (Wildman–Crippen MR) is 52.5 cm³/mol. The number of aromatic carboxylic acids is 1. The number of phenols is 1. The van der Waals surface area contributed by atoms with Gasteiger partial charge in [0.1, 0.15) is 11.6 Å². The smallest absolute Gasteiger partial charge is 0.338 e. The number of carboxylic acids is 1. The molecule has 0 atom stereocenters. The van der Waals surface area contributed by atoms with Crippen molar-refractivity contribution < 1.29 is 19.4 Å². The third-order valence-corrected chi connectivity index (χ3v) is 2.19. The van der Waals surface area contributed by atoms with Gasteiger partial charge in [0.25, 0.3) is 0 Å². The molecule has 0 heterocycles. The zero-order chi connectivity index (χ0) is 11.0. The van der Waals surface area contributed by atoms with Crippen LogP contribution in [0.5, 0.6) is 5.75 Å². The molecule has 2 aromatic rings. The minimum atomic E-state index is -1.39. The van der Waals surface area contributed by atoms with Crippen LogP contribution in [0.1, 0.15) is 10.4 Å². The number of fused-ring (bicyclic) bond motifs is 1. The number of aromatic hydroxyl groups is 1. The molecule has 4 heteroatoms. The first-order valence-electron chi connectivity index (χ1n) is 4.25. The number of carbonyl (C=O) groups is 1. The van der Waals surface area contributed by atoms with Crippen LogP contribution >= 0.6 is 0 Å². The van der Waals surface area contributed by atoms with Gasteiger partial charge in [0.2, 0.25) is 0 Å². The molecule has 2 N–H and O–H groups in total. The highest BCUT2D eigenvalue weighted by atomic mass is 19.1. The molecule has 0 spiro atoms. The van der Waals surface area contributed by atoms with Crippen LogP contribution in [-0.4, -0.2) is 16.2 Å². The van der Waals surface area contributed by atoms with Crippen molar-refractivity contribution in [2.24, 2.45) is 0 Å².